The molecular formula is C22H18ClN5O5. The average molecular weight is 468 g/mol. The lowest BCUT2D eigenvalue weighted by molar-refractivity contribution is -0.384. The molecule has 2 amide bonds. The molecule has 2 aromatic heterocycles. The quantitative estimate of drug-likeness (QED) is 0.424. The van der Waals surface area contributed by atoms with Gasteiger partial charge in [0.15, 0.2) is 5.76 Å². The summed E-state index contributed by atoms with van der Waals surface area (Å²) in [5, 5.41) is 18.1. The molecule has 0 spiro atoms. The molecule has 1 aliphatic carbocycles. The van der Waals surface area contributed by atoms with Crippen molar-refractivity contribution in [1.29, 1.82) is 0 Å². The first-order chi connectivity index (χ1) is 15.8. The Kier molecular flexibility index (Phi) is 6.18. The van der Waals surface area contributed by atoms with Gasteiger partial charge in [-0.2, -0.15) is 5.10 Å². The molecule has 168 valence electrons. The zero-order valence-corrected chi connectivity index (χ0v) is 18.2. The van der Waals surface area contributed by atoms with E-state index in [9.17, 15) is 19.7 Å². The molecule has 33 heavy (non-hydrogen) atoms. The van der Waals surface area contributed by atoms with Gasteiger partial charge in [-0.3, -0.25) is 19.7 Å². The SMILES string of the molecule is Cc1c(C(=O)Nc2ccc(Cl)cn2)oc2c1/C(=N/NC(=O)c1ccc([N+](=O)[O-])cc1)CCC2. The first-order valence-electron chi connectivity index (χ1n) is 10.0. The van der Waals surface area contributed by atoms with Gasteiger partial charge in [-0.05, 0) is 44.0 Å². The van der Waals surface area contributed by atoms with E-state index in [-0.39, 0.29) is 17.0 Å². The number of furan rings is 1. The number of nitro benzene ring substituents is 1. The van der Waals surface area contributed by atoms with E-state index in [0.29, 0.717) is 46.3 Å². The lowest BCUT2D eigenvalue weighted by Gasteiger charge is -2.13. The minimum absolute atomic E-state index is 0.108. The molecule has 4 rings (SSSR count). The van der Waals surface area contributed by atoms with Crippen molar-refractivity contribution in [3.8, 4) is 0 Å². The molecule has 2 N–H and O–H groups in total. The normalized spacial score (nSPS) is 13.9. The predicted molar refractivity (Wildman–Crippen MR) is 121 cm³/mol. The number of amides is 2. The van der Waals surface area contributed by atoms with Crippen LogP contribution >= 0.6 is 11.6 Å². The fraction of sp³-hybridized carbons (Fsp3) is 0.182. The summed E-state index contributed by atoms with van der Waals surface area (Å²) in [6.07, 6.45) is 3.40. The fourth-order valence-corrected chi connectivity index (χ4v) is 3.65. The van der Waals surface area contributed by atoms with Crippen LogP contribution < -0.4 is 10.7 Å². The molecule has 0 fully saturated rings. The number of non-ortho nitro benzene ring substituents is 1. The highest BCUT2D eigenvalue weighted by Gasteiger charge is 2.28. The molecule has 10 nitrogen and oxygen atoms in total. The van der Waals surface area contributed by atoms with Crippen molar-refractivity contribution < 1.29 is 18.9 Å². The van der Waals surface area contributed by atoms with E-state index in [2.05, 4.69) is 20.8 Å². The fourth-order valence-electron chi connectivity index (χ4n) is 3.54. The van der Waals surface area contributed by atoms with E-state index in [1.54, 1.807) is 19.1 Å². The molecule has 0 bridgehead atoms. The van der Waals surface area contributed by atoms with Gasteiger partial charge in [-0.25, -0.2) is 10.4 Å². The maximum absolute atomic E-state index is 12.7. The molecule has 2 heterocycles. The highest BCUT2D eigenvalue weighted by Crippen LogP contribution is 2.30. The molecule has 0 atom stereocenters. The van der Waals surface area contributed by atoms with E-state index in [1.807, 2.05) is 0 Å². The number of anilines is 1. The summed E-state index contributed by atoms with van der Waals surface area (Å²) in [6, 6.07) is 8.41. The number of nitrogens with one attached hydrogen (secondary N) is 2. The zero-order valence-electron chi connectivity index (χ0n) is 17.4. The van der Waals surface area contributed by atoms with Crippen LogP contribution in [-0.4, -0.2) is 27.4 Å². The minimum atomic E-state index is -0.538. The van der Waals surface area contributed by atoms with Crippen LogP contribution in [0, 0.1) is 17.0 Å². The van der Waals surface area contributed by atoms with Crippen LogP contribution in [0.4, 0.5) is 11.5 Å². The average Bonchev–Trinajstić information content (AvgIpc) is 3.16. The largest absolute Gasteiger partial charge is 0.455 e. The third kappa shape index (κ3) is 4.75. The number of pyridine rings is 1. The lowest BCUT2D eigenvalue weighted by Crippen LogP contribution is -2.22. The zero-order chi connectivity index (χ0) is 23.5. The number of rotatable bonds is 5. The number of nitro groups is 1. The van der Waals surface area contributed by atoms with Gasteiger partial charge in [0.05, 0.1) is 15.7 Å². The van der Waals surface area contributed by atoms with E-state index in [1.165, 1.54) is 30.5 Å². The van der Waals surface area contributed by atoms with Crippen molar-refractivity contribution in [2.45, 2.75) is 26.2 Å². The van der Waals surface area contributed by atoms with Crippen LogP contribution in [0.15, 0.2) is 52.1 Å². The first kappa shape index (κ1) is 22.2. The molecule has 3 aromatic rings. The van der Waals surface area contributed by atoms with Crippen LogP contribution in [0.25, 0.3) is 0 Å². The van der Waals surface area contributed by atoms with Crippen molar-refractivity contribution in [2.24, 2.45) is 5.10 Å². The number of benzene rings is 1. The van der Waals surface area contributed by atoms with Crippen LogP contribution in [0.1, 0.15) is 50.6 Å². The van der Waals surface area contributed by atoms with Crippen LogP contribution in [0.2, 0.25) is 5.02 Å². The minimum Gasteiger partial charge on any atom is -0.455 e. The number of hydrazone groups is 1. The molecule has 0 radical (unpaired) electrons. The van der Waals surface area contributed by atoms with Gasteiger partial charge in [0.2, 0.25) is 0 Å². The number of halogens is 1. The monoisotopic (exact) mass is 467 g/mol. The second-order valence-corrected chi connectivity index (χ2v) is 7.76. The summed E-state index contributed by atoms with van der Waals surface area (Å²) in [5.41, 5.74) is 4.51. The number of fused-ring (bicyclic) bond motifs is 1. The number of carbonyl (C=O) groups is 2. The highest BCUT2D eigenvalue weighted by atomic mass is 35.5. The summed E-state index contributed by atoms with van der Waals surface area (Å²) < 4.78 is 5.83. The molecule has 11 heteroatoms. The second kappa shape index (κ2) is 9.21. The maximum Gasteiger partial charge on any atom is 0.292 e. The van der Waals surface area contributed by atoms with Gasteiger partial charge in [-0.15, -0.1) is 0 Å². The van der Waals surface area contributed by atoms with E-state index >= 15 is 0 Å². The van der Waals surface area contributed by atoms with Gasteiger partial charge in [0, 0.05) is 41.4 Å². The van der Waals surface area contributed by atoms with E-state index in [4.69, 9.17) is 16.0 Å². The van der Waals surface area contributed by atoms with Crippen LogP contribution in [0.5, 0.6) is 0 Å². The molecule has 0 aliphatic heterocycles. The standard InChI is InChI=1S/C22H18ClN5O5/c1-12-19-16(26-27-21(29)13-5-8-15(9-6-13)28(31)32)3-2-4-17(19)33-20(12)22(30)25-18-10-7-14(23)11-24-18/h5-11H,2-4H2,1H3,(H,27,29)(H,24,25,30)/b26-16+. The number of nitrogens with zero attached hydrogens (tertiary/aromatic N) is 3. The molecular weight excluding hydrogens is 450 g/mol. The summed E-state index contributed by atoms with van der Waals surface area (Å²) >= 11 is 5.82. The number of hydrogen-bond acceptors (Lipinski definition) is 7. The first-order valence-corrected chi connectivity index (χ1v) is 10.4. The Hall–Kier alpha value is -4.05. The Morgan fingerprint density at radius 2 is 1.91 bits per heavy atom. The second-order valence-electron chi connectivity index (χ2n) is 7.33. The summed E-state index contributed by atoms with van der Waals surface area (Å²) in [6.45, 7) is 1.76. The maximum atomic E-state index is 12.7. The molecule has 1 aliphatic rings. The number of hydrogen-bond donors (Lipinski definition) is 2. The van der Waals surface area contributed by atoms with E-state index in [0.717, 1.165) is 6.42 Å². The smallest absolute Gasteiger partial charge is 0.292 e. The van der Waals surface area contributed by atoms with Gasteiger partial charge in [0.25, 0.3) is 17.5 Å². The van der Waals surface area contributed by atoms with Gasteiger partial charge in [-0.1, -0.05) is 11.6 Å². The molecule has 0 saturated heterocycles. The van der Waals surface area contributed by atoms with E-state index < -0.39 is 16.7 Å². The lowest BCUT2D eigenvalue weighted by atomic mass is 9.93. The highest BCUT2D eigenvalue weighted by molar-refractivity contribution is 6.30. The number of aryl methyl sites for hydroxylation is 1. The predicted octanol–water partition coefficient (Wildman–Crippen LogP) is 4.27. The summed E-state index contributed by atoms with van der Waals surface area (Å²) in [4.78, 5) is 39.4. The Balaban J connectivity index is 1.53. The van der Waals surface area contributed by atoms with Crippen molar-refractivity contribution in [3.63, 3.8) is 0 Å². The van der Waals surface area contributed by atoms with Gasteiger partial charge in [0.1, 0.15) is 11.6 Å². The Morgan fingerprint density at radius 3 is 2.58 bits per heavy atom. The van der Waals surface area contributed by atoms with Gasteiger partial charge >= 0.3 is 0 Å². The third-order valence-electron chi connectivity index (χ3n) is 5.13. The van der Waals surface area contributed by atoms with Crippen molar-refractivity contribution in [1.82, 2.24) is 10.4 Å². The van der Waals surface area contributed by atoms with Crippen molar-refractivity contribution in [2.75, 3.05) is 5.32 Å². The number of aromatic nitrogens is 1. The molecule has 0 saturated carbocycles. The van der Waals surface area contributed by atoms with Gasteiger partial charge < -0.3 is 9.73 Å². The Bertz CT molecular complexity index is 1270. The summed E-state index contributed by atoms with van der Waals surface area (Å²) in [5.74, 6) is 0.148. The Labute approximate surface area is 192 Å². The number of carbonyl (C=O) groups excluding carboxylic acids is 2. The molecule has 0 unspecified atom stereocenters. The molecule has 1 aromatic carbocycles. The third-order valence-corrected chi connectivity index (χ3v) is 5.36. The topological polar surface area (TPSA) is 140 Å². The van der Waals surface area contributed by atoms with Crippen LogP contribution in [-0.2, 0) is 6.42 Å². The summed E-state index contributed by atoms with van der Waals surface area (Å²) in [7, 11) is 0. The van der Waals surface area contributed by atoms with Crippen LogP contribution in [0.3, 0.4) is 0 Å². The van der Waals surface area contributed by atoms with Crippen molar-refractivity contribution >= 4 is 40.6 Å². The Morgan fingerprint density at radius 1 is 1.15 bits per heavy atom. The van der Waals surface area contributed by atoms with Crippen molar-refractivity contribution in [3.05, 3.63) is 85.9 Å².